The van der Waals surface area contributed by atoms with Crippen molar-refractivity contribution in [2.45, 2.75) is 76.8 Å². The van der Waals surface area contributed by atoms with E-state index in [1.54, 1.807) is 0 Å². The Morgan fingerprint density at radius 2 is 1.47 bits per heavy atom. The van der Waals surface area contributed by atoms with Crippen molar-refractivity contribution in [2.24, 2.45) is 5.92 Å². The van der Waals surface area contributed by atoms with E-state index in [9.17, 15) is 0 Å². The van der Waals surface area contributed by atoms with Crippen LogP contribution >= 0.6 is 17.0 Å². The van der Waals surface area contributed by atoms with Gasteiger partial charge in [0, 0.05) is 0 Å². The van der Waals surface area contributed by atoms with Crippen LogP contribution in [0.3, 0.4) is 0 Å². The fourth-order valence-electron chi connectivity index (χ4n) is 7.38. The first-order valence-corrected chi connectivity index (χ1v) is 26.5. The molecule has 1 unspecified atom stereocenters. The molecule has 0 spiro atoms. The van der Waals surface area contributed by atoms with Gasteiger partial charge in [-0.15, -0.1) is 0 Å². The Morgan fingerprint density at radius 1 is 0.791 bits per heavy atom. The number of fused-ring (bicyclic) bond motifs is 4. The maximum absolute atomic E-state index is 7.96. The maximum atomic E-state index is 7.96. The minimum atomic E-state index is -4.02. The third kappa shape index (κ3) is 5.65. The van der Waals surface area contributed by atoms with Crippen LogP contribution in [0.1, 0.15) is 98.2 Å². The normalized spacial score (nSPS) is 16.3. The molecule has 0 radical (unpaired) electrons. The minimum absolute atomic E-state index is 0.113. The molecule has 0 saturated heterocycles. The second kappa shape index (κ2) is 12.2. The second-order valence-electron chi connectivity index (χ2n) is 13.7. The quantitative estimate of drug-likeness (QED) is 0.141. The van der Waals surface area contributed by atoms with Crippen molar-refractivity contribution in [1.82, 2.24) is 0 Å². The first kappa shape index (κ1) is 31.3. The molecule has 4 heteroatoms. The van der Waals surface area contributed by atoms with E-state index in [0.29, 0.717) is 17.8 Å². The van der Waals surface area contributed by atoms with E-state index in [2.05, 4.69) is 127 Å². The van der Waals surface area contributed by atoms with Crippen molar-refractivity contribution in [3.05, 3.63) is 106 Å². The summed E-state index contributed by atoms with van der Waals surface area (Å²) in [5, 5.41) is 3.02. The summed E-state index contributed by atoms with van der Waals surface area (Å²) in [7, 11) is 15.3. The number of halogens is 2. The fraction of sp³-hybridized carbons (Fsp3) is 0.333. The molecular weight excluding hydrogens is 659 g/mol. The molecule has 1 aliphatic heterocycles. The molecule has 0 aromatic heterocycles. The average molecular weight is 703 g/mol. The molecule has 4 aromatic rings. The zero-order valence-electron chi connectivity index (χ0n) is 26.7. The van der Waals surface area contributed by atoms with Gasteiger partial charge in [0.2, 0.25) is 0 Å². The third-order valence-electron chi connectivity index (χ3n) is 9.57. The van der Waals surface area contributed by atoms with Crippen LogP contribution in [0.25, 0.3) is 28.3 Å². The van der Waals surface area contributed by atoms with Crippen LogP contribution in [0, 0.1) is 5.92 Å². The van der Waals surface area contributed by atoms with Gasteiger partial charge in [-0.1, -0.05) is 0 Å². The van der Waals surface area contributed by atoms with Crippen LogP contribution < -0.4 is 13.6 Å². The number of aryl methyl sites for hydroxylation is 1. The topological polar surface area (TPSA) is 0 Å². The van der Waals surface area contributed by atoms with E-state index < -0.39 is 27.4 Å². The molecule has 0 fully saturated rings. The monoisotopic (exact) mass is 700 g/mol. The van der Waals surface area contributed by atoms with Gasteiger partial charge in [-0.25, -0.2) is 0 Å². The Hall–Kier alpha value is -1.70. The molecule has 0 amide bonds. The summed E-state index contributed by atoms with van der Waals surface area (Å²) >= 11 is -4.02. The summed E-state index contributed by atoms with van der Waals surface area (Å²) in [4.78, 5) is 0. The predicted octanol–water partition coefficient (Wildman–Crippen LogP) is 9.53. The molecule has 1 aliphatic carbocycles. The van der Waals surface area contributed by atoms with Crippen molar-refractivity contribution in [1.29, 1.82) is 0 Å². The Morgan fingerprint density at radius 3 is 2.12 bits per heavy atom. The number of benzene rings is 4. The Labute approximate surface area is 273 Å². The Balaban J connectivity index is 1.56. The van der Waals surface area contributed by atoms with Crippen LogP contribution in [0.4, 0.5) is 0 Å². The van der Waals surface area contributed by atoms with E-state index in [-0.39, 0.29) is 3.63 Å². The summed E-state index contributed by atoms with van der Waals surface area (Å²) < 4.78 is 1.43. The van der Waals surface area contributed by atoms with Crippen molar-refractivity contribution in [3.8, 4) is 22.3 Å². The van der Waals surface area contributed by atoms with Gasteiger partial charge in [0.05, 0.1) is 0 Å². The number of hydrogen-bond acceptors (Lipinski definition) is 0. The molecule has 4 aromatic carbocycles. The zero-order valence-corrected chi connectivity index (χ0v) is 32.1. The van der Waals surface area contributed by atoms with E-state index in [1.807, 2.05) is 0 Å². The first-order valence-electron chi connectivity index (χ1n) is 16.1. The molecule has 0 N–H and O–H groups in total. The van der Waals surface area contributed by atoms with Gasteiger partial charge in [-0.2, -0.15) is 0 Å². The van der Waals surface area contributed by atoms with Crippen LogP contribution in [0.15, 0.2) is 78.4 Å². The Kier molecular flexibility index (Phi) is 8.91. The molecule has 0 nitrogen and oxygen atoms in total. The average Bonchev–Trinajstić information content (AvgIpc) is 3.54. The zero-order chi connectivity index (χ0) is 30.6. The summed E-state index contributed by atoms with van der Waals surface area (Å²) in [5.74, 6) is 1.48. The van der Waals surface area contributed by atoms with Gasteiger partial charge >= 0.3 is 275 Å². The van der Waals surface area contributed by atoms with Gasteiger partial charge in [0.25, 0.3) is 0 Å². The van der Waals surface area contributed by atoms with Crippen molar-refractivity contribution in [2.75, 3.05) is 0 Å². The van der Waals surface area contributed by atoms with E-state index in [1.165, 1.54) is 69.3 Å². The molecule has 2 aliphatic rings. The van der Waals surface area contributed by atoms with Gasteiger partial charge in [0.1, 0.15) is 0 Å². The molecule has 0 bridgehead atoms. The van der Waals surface area contributed by atoms with Gasteiger partial charge in [0.15, 0.2) is 0 Å². The third-order valence-corrected chi connectivity index (χ3v) is 23.9. The van der Waals surface area contributed by atoms with Gasteiger partial charge in [-0.3, -0.25) is 0 Å². The molecular formula is C39H44Cl2SiZr. The second-order valence-corrected chi connectivity index (χ2v) is 29.5. The fourth-order valence-corrected chi connectivity index (χ4v) is 24.2. The SMILES string of the molecule is CCc1ccc2c(c1-c1cc(C(C)C)cc(C(C)C)c1)C=C(CC(C)C)[CH]2[Zr]([Cl])([Cl])[c]1cccc2c1[SiH2]c1ccccc1-2. The van der Waals surface area contributed by atoms with Crippen molar-refractivity contribution >= 4 is 46.3 Å². The summed E-state index contributed by atoms with van der Waals surface area (Å²) in [5.41, 5.74) is 13.9. The molecule has 1 atom stereocenters. The number of allylic oxidation sites excluding steroid dienone is 1. The van der Waals surface area contributed by atoms with E-state index in [0.717, 1.165) is 12.8 Å². The van der Waals surface area contributed by atoms with Crippen LogP contribution in [-0.2, 0) is 24.3 Å². The first-order chi connectivity index (χ1) is 20.5. The predicted molar refractivity (Wildman–Crippen MR) is 191 cm³/mol. The molecule has 222 valence electrons. The van der Waals surface area contributed by atoms with Crippen LogP contribution in [0.2, 0.25) is 0 Å². The number of rotatable bonds is 8. The van der Waals surface area contributed by atoms with Crippen molar-refractivity contribution in [3.63, 3.8) is 0 Å². The summed E-state index contributed by atoms with van der Waals surface area (Å²) in [6.45, 7) is 16.2. The molecule has 1 heterocycles. The molecule has 43 heavy (non-hydrogen) atoms. The van der Waals surface area contributed by atoms with Gasteiger partial charge in [-0.05, 0) is 0 Å². The molecule has 6 rings (SSSR count). The van der Waals surface area contributed by atoms with Crippen LogP contribution in [0.5, 0.6) is 0 Å². The van der Waals surface area contributed by atoms with E-state index >= 15 is 0 Å². The summed E-state index contributed by atoms with van der Waals surface area (Å²) in [6, 6.07) is 27.8. The van der Waals surface area contributed by atoms with Gasteiger partial charge < -0.3 is 0 Å². The molecule has 0 saturated carbocycles. The standard InChI is InChI=1S/C27H35.C12H9Si.2ClH.Zr/c1-8-21-9-10-22-12-20(11-17(2)3)13-26(22)27(21)25-15-23(18(4)5)14-24(16-25)19(6)7;1-3-7-11-9(5-1)10-6-2-4-8-12(10)13-11;;;/h9-10,12-19H,8,11H2,1-7H3;1-7H,13H2;2*1H;/q;;;;+2/p-2. The summed E-state index contributed by atoms with van der Waals surface area (Å²) in [6.07, 6.45) is 4.53. The van der Waals surface area contributed by atoms with Crippen molar-refractivity contribution < 1.29 is 17.9 Å². The van der Waals surface area contributed by atoms with E-state index in [4.69, 9.17) is 17.0 Å². The number of hydrogen-bond donors (Lipinski definition) is 0. The van der Waals surface area contributed by atoms with Crippen LogP contribution in [-0.4, -0.2) is 9.52 Å². The Bertz CT molecular complexity index is 1700.